The first-order valence-corrected chi connectivity index (χ1v) is 4.94. The maximum Gasteiger partial charge on any atom is 0.328 e. The minimum absolute atomic E-state index is 0.281. The summed E-state index contributed by atoms with van der Waals surface area (Å²) in [5.41, 5.74) is 3.01. The van der Waals surface area contributed by atoms with Crippen LogP contribution in [0, 0.1) is 11.3 Å². The largest absolute Gasteiger partial charge is 0.478 e. The first-order chi connectivity index (χ1) is 8.20. The van der Waals surface area contributed by atoms with Crippen LogP contribution < -0.4 is 0 Å². The lowest BCUT2D eigenvalue weighted by Gasteiger charge is -1.99. The van der Waals surface area contributed by atoms with Crippen molar-refractivity contribution < 1.29 is 9.90 Å². The molecule has 0 saturated heterocycles. The van der Waals surface area contributed by atoms with Crippen molar-refractivity contribution >= 4 is 23.1 Å². The minimum atomic E-state index is -1.01. The van der Waals surface area contributed by atoms with Crippen molar-refractivity contribution in [2.75, 3.05) is 0 Å². The SMILES string of the molecule is N#CCc1cc(/C=C/C(=O)O)c2nc[nH]c2c1. The number of nitrogens with zero attached hydrogens (tertiary/aromatic N) is 2. The number of aromatic nitrogens is 2. The number of aromatic amines is 1. The van der Waals surface area contributed by atoms with Gasteiger partial charge >= 0.3 is 5.97 Å². The quantitative estimate of drug-likeness (QED) is 0.781. The maximum atomic E-state index is 10.5. The summed E-state index contributed by atoms with van der Waals surface area (Å²) in [6, 6.07) is 5.66. The fourth-order valence-corrected chi connectivity index (χ4v) is 1.62. The molecule has 1 aromatic carbocycles. The van der Waals surface area contributed by atoms with E-state index in [2.05, 4.69) is 16.0 Å². The van der Waals surface area contributed by atoms with Crippen LogP contribution in [0.25, 0.3) is 17.1 Å². The molecule has 0 fully saturated rings. The summed E-state index contributed by atoms with van der Waals surface area (Å²) in [6.45, 7) is 0. The second-order valence-corrected chi connectivity index (χ2v) is 3.49. The standard InChI is InChI=1S/C12H9N3O2/c13-4-3-8-5-9(1-2-11(16)17)12-10(6-8)14-7-15-12/h1-2,5-7H,3H2,(H,14,15)(H,16,17)/b2-1+. The maximum absolute atomic E-state index is 10.5. The molecule has 0 aliphatic carbocycles. The van der Waals surface area contributed by atoms with E-state index < -0.39 is 5.97 Å². The Balaban J connectivity index is 2.55. The zero-order chi connectivity index (χ0) is 12.3. The fourth-order valence-electron chi connectivity index (χ4n) is 1.62. The molecule has 1 aromatic heterocycles. The Kier molecular flexibility index (Phi) is 2.88. The van der Waals surface area contributed by atoms with Crippen molar-refractivity contribution in [3.8, 4) is 6.07 Å². The van der Waals surface area contributed by atoms with Gasteiger partial charge in [0.1, 0.15) is 0 Å². The van der Waals surface area contributed by atoms with Gasteiger partial charge in [-0.1, -0.05) is 0 Å². The van der Waals surface area contributed by atoms with Gasteiger partial charge < -0.3 is 10.1 Å². The van der Waals surface area contributed by atoms with Crippen molar-refractivity contribution in [2.45, 2.75) is 6.42 Å². The number of nitriles is 1. The van der Waals surface area contributed by atoms with Crippen LogP contribution in [0.3, 0.4) is 0 Å². The molecule has 0 spiro atoms. The van der Waals surface area contributed by atoms with Crippen LogP contribution in [0.1, 0.15) is 11.1 Å². The van der Waals surface area contributed by atoms with Gasteiger partial charge in [-0.05, 0) is 23.8 Å². The zero-order valence-electron chi connectivity index (χ0n) is 8.84. The van der Waals surface area contributed by atoms with Gasteiger partial charge in [-0.15, -0.1) is 0 Å². The van der Waals surface area contributed by atoms with E-state index in [1.165, 1.54) is 6.08 Å². The van der Waals surface area contributed by atoms with Crippen molar-refractivity contribution in [3.63, 3.8) is 0 Å². The molecule has 17 heavy (non-hydrogen) atoms. The molecule has 0 bridgehead atoms. The molecule has 2 aromatic rings. The van der Waals surface area contributed by atoms with E-state index in [-0.39, 0.29) is 6.42 Å². The fraction of sp³-hybridized carbons (Fsp3) is 0.0833. The predicted molar refractivity (Wildman–Crippen MR) is 62.1 cm³/mol. The van der Waals surface area contributed by atoms with E-state index in [9.17, 15) is 4.79 Å². The molecule has 2 N–H and O–H groups in total. The summed E-state index contributed by atoms with van der Waals surface area (Å²) >= 11 is 0. The number of hydrogen-bond donors (Lipinski definition) is 2. The highest BCUT2D eigenvalue weighted by atomic mass is 16.4. The minimum Gasteiger partial charge on any atom is -0.478 e. The second-order valence-electron chi connectivity index (χ2n) is 3.49. The molecule has 1 heterocycles. The van der Waals surface area contributed by atoms with Crippen molar-refractivity contribution in [3.05, 3.63) is 35.7 Å². The summed E-state index contributed by atoms with van der Waals surface area (Å²) in [5, 5.41) is 17.3. The predicted octanol–water partition coefficient (Wildman–Crippen LogP) is 1.73. The smallest absolute Gasteiger partial charge is 0.328 e. The number of carboxylic acids is 1. The van der Waals surface area contributed by atoms with Gasteiger partial charge in [-0.25, -0.2) is 9.78 Å². The molecule has 0 aliphatic heterocycles. The van der Waals surface area contributed by atoms with Crippen LogP contribution in [-0.4, -0.2) is 21.0 Å². The van der Waals surface area contributed by atoms with Crippen LogP contribution in [0.5, 0.6) is 0 Å². The molecule has 5 heteroatoms. The Morgan fingerprint density at radius 1 is 1.59 bits per heavy atom. The summed E-state index contributed by atoms with van der Waals surface area (Å²) in [5.74, 6) is -1.01. The van der Waals surface area contributed by atoms with Gasteiger partial charge in [-0.3, -0.25) is 0 Å². The Morgan fingerprint density at radius 2 is 2.41 bits per heavy atom. The van der Waals surface area contributed by atoms with Crippen LogP contribution in [-0.2, 0) is 11.2 Å². The Labute approximate surface area is 97.0 Å². The lowest BCUT2D eigenvalue weighted by Crippen LogP contribution is -1.89. The van der Waals surface area contributed by atoms with Gasteiger partial charge in [0.15, 0.2) is 0 Å². The molecular formula is C12H9N3O2. The lowest BCUT2D eigenvalue weighted by atomic mass is 10.1. The van der Waals surface area contributed by atoms with Crippen molar-refractivity contribution in [2.24, 2.45) is 0 Å². The second kappa shape index (κ2) is 4.49. The van der Waals surface area contributed by atoms with Gasteiger partial charge in [0.25, 0.3) is 0 Å². The number of carbonyl (C=O) groups is 1. The molecule has 0 radical (unpaired) electrons. The third kappa shape index (κ3) is 2.32. The molecule has 0 atom stereocenters. The Bertz CT molecular complexity index is 635. The van der Waals surface area contributed by atoms with E-state index in [1.807, 2.05) is 6.07 Å². The van der Waals surface area contributed by atoms with Crippen molar-refractivity contribution in [1.82, 2.24) is 9.97 Å². The lowest BCUT2D eigenvalue weighted by molar-refractivity contribution is -0.131. The molecular weight excluding hydrogens is 218 g/mol. The monoisotopic (exact) mass is 227 g/mol. The summed E-state index contributed by atoms with van der Waals surface area (Å²) in [4.78, 5) is 17.5. The molecule has 0 saturated carbocycles. The average molecular weight is 227 g/mol. The van der Waals surface area contributed by atoms with Gasteiger partial charge in [-0.2, -0.15) is 5.26 Å². The van der Waals surface area contributed by atoms with E-state index in [0.29, 0.717) is 11.1 Å². The summed E-state index contributed by atoms with van der Waals surface area (Å²) < 4.78 is 0. The molecule has 84 valence electrons. The average Bonchev–Trinajstić information content (AvgIpc) is 2.74. The van der Waals surface area contributed by atoms with E-state index >= 15 is 0 Å². The number of rotatable bonds is 3. The number of imidazole rings is 1. The molecule has 5 nitrogen and oxygen atoms in total. The number of nitrogens with one attached hydrogen (secondary N) is 1. The van der Waals surface area contributed by atoms with Gasteiger partial charge in [0.05, 0.1) is 29.9 Å². The van der Waals surface area contributed by atoms with Crippen LogP contribution in [0.2, 0.25) is 0 Å². The van der Waals surface area contributed by atoms with Gasteiger partial charge in [0.2, 0.25) is 0 Å². The molecule has 0 aliphatic rings. The van der Waals surface area contributed by atoms with Crippen LogP contribution >= 0.6 is 0 Å². The van der Waals surface area contributed by atoms with Crippen molar-refractivity contribution in [1.29, 1.82) is 5.26 Å². The highest BCUT2D eigenvalue weighted by Gasteiger charge is 2.04. The first-order valence-electron chi connectivity index (χ1n) is 4.94. The third-order valence-corrected chi connectivity index (χ3v) is 2.30. The zero-order valence-corrected chi connectivity index (χ0v) is 8.84. The Hall–Kier alpha value is -2.61. The highest BCUT2D eigenvalue weighted by molar-refractivity contribution is 5.91. The summed E-state index contributed by atoms with van der Waals surface area (Å²) in [6.07, 6.45) is 4.35. The van der Waals surface area contributed by atoms with Crippen LogP contribution in [0.4, 0.5) is 0 Å². The van der Waals surface area contributed by atoms with E-state index in [0.717, 1.165) is 17.2 Å². The number of fused-ring (bicyclic) bond motifs is 1. The summed E-state index contributed by atoms with van der Waals surface area (Å²) in [7, 11) is 0. The van der Waals surface area contributed by atoms with E-state index in [1.54, 1.807) is 12.4 Å². The number of benzene rings is 1. The number of hydrogen-bond acceptors (Lipinski definition) is 3. The molecule has 2 rings (SSSR count). The first kappa shape index (κ1) is 10.9. The number of H-pyrrole nitrogens is 1. The van der Waals surface area contributed by atoms with Gasteiger partial charge in [0, 0.05) is 11.6 Å². The number of aliphatic carboxylic acids is 1. The van der Waals surface area contributed by atoms with Crippen LogP contribution in [0.15, 0.2) is 24.5 Å². The van der Waals surface area contributed by atoms with E-state index in [4.69, 9.17) is 10.4 Å². The topological polar surface area (TPSA) is 89.8 Å². The molecule has 0 unspecified atom stereocenters. The third-order valence-electron chi connectivity index (χ3n) is 2.30. The molecule has 0 amide bonds. The Morgan fingerprint density at radius 3 is 3.12 bits per heavy atom. The number of carboxylic acid groups (broad SMARTS) is 1. The normalized spacial score (nSPS) is 10.8. The highest BCUT2D eigenvalue weighted by Crippen LogP contribution is 2.19.